The van der Waals surface area contributed by atoms with Gasteiger partial charge in [-0.2, -0.15) is 0 Å². The minimum Gasteiger partial charge on any atom is -0.368 e. The van der Waals surface area contributed by atoms with Crippen molar-refractivity contribution in [3.8, 4) is 0 Å². The van der Waals surface area contributed by atoms with Crippen molar-refractivity contribution in [2.75, 3.05) is 33.3 Å². The molecule has 3 amide bonds. The number of likely N-dealkylation sites (N-methyl/N-ethyl adjacent to an activating group) is 1. The maximum Gasteiger partial charge on any atom is 0.317 e. The Bertz CT molecular complexity index is 821. The molecule has 0 aromatic heterocycles. The van der Waals surface area contributed by atoms with E-state index in [1.54, 1.807) is 17.0 Å². The third-order valence-electron chi connectivity index (χ3n) is 6.99. The molecule has 1 aliphatic carbocycles. The van der Waals surface area contributed by atoms with Gasteiger partial charge in [-0.1, -0.05) is 55.8 Å². The Morgan fingerprint density at radius 2 is 2.00 bits per heavy atom. The van der Waals surface area contributed by atoms with E-state index in [1.165, 1.54) is 38.2 Å². The molecule has 1 saturated heterocycles. The number of rotatable bonds is 10. The van der Waals surface area contributed by atoms with E-state index >= 15 is 0 Å². The van der Waals surface area contributed by atoms with Gasteiger partial charge in [-0.15, -0.1) is 0 Å². The van der Waals surface area contributed by atoms with Gasteiger partial charge in [0, 0.05) is 37.2 Å². The molecule has 0 radical (unpaired) electrons. The van der Waals surface area contributed by atoms with Crippen molar-refractivity contribution in [1.82, 2.24) is 15.5 Å². The van der Waals surface area contributed by atoms with Crippen LogP contribution in [0.4, 0.5) is 9.18 Å². The second-order valence-corrected chi connectivity index (χ2v) is 10.0. The molecule has 1 aromatic carbocycles. The Morgan fingerprint density at radius 3 is 2.71 bits per heavy atom. The average molecular weight is 497 g/mol. The first-order valence-electron chi connectivity index (χ1n) is 12.4. The lowest BCUT2D eigenvalue weighted by Gasteiger charge is -2.38. The third-order valence-corrected chi connectivity index (χ3v) is 7.28. The summed E-state index contributed by atoms with van der Waals surface area (Å²) in [6.45, 7) is 1.41. The van der Waals surface area contributed by atoms with E-state index in [0.29, 0.717) is 19.0 Å². The molecule has 1 aliphatic heterocycles. The lowest BCUT2D eigenvalue weighted by molar-refractivity contribution is -0.126. The molecule has 190 valence electrons. The van der Waals surface area contributed by atoms with Gasteiger partial charge in [0.25, 0.3) is 0 Å². The Kier molecular flexibility index (Phi) is 10.4. The number of piperidine rings is 1. The second-order valence-electron chi connectivity index (χ2n) is 9.63. The van der Waals surface area contributed by atoms with E-state index in [9.17, 15) is 14.0 Å². The average Bonchev–Trinajstić information content (AvgIpc) is 2.82. The van der Waals surface area contributed by atoms with Crippen molar-refractivity contribution in [2.45, 2.75) is 63.5 Å². The van der Waals surface area contributed by atoms with Crippen LogP contribution in [0, 0.1) is 17.7 Å². The van der Waals surface area contributed by atoms with E-state index in [0.717, 1.165) is 25.8 Å². The molecule has 3 unspecified atom stereocenters. The summed E-state index contributed by atoms with van der Waals surface area (Å²) in [4.78, 5) is 26.4. The summed E-state index contributed by atoms with van der Waals surface area (Å²) in [5.74, 6) is -0.732. The number of ether oxygens (including phenoxy) is 1. The zero-order valence-corrected chi connectivity index (χ0v) is 20.8. The number of primary amides is 1. The fraction of sp³-hybridized carbons (Fsp3) is 0.680. The summed E-state index contributed by atoms with van der Waals surface area (Å²) >= 11 is 6.00. The van der Waals surface area contributed by atoms with Crippen LogP contribution >= 0.6 is 11.6 Å². The number of likely N-dealkylation sites (tertiary alicyclic amines) is 1. The molecule has 4 N–H and O–H groups in total. The number of nitrogens with one attached hydrogen (secondary N) is 2. The highest BCUT2D eigenvalue weighted by molar-refractivity contribution is 6.30. The highest BCUT2D eigenvalue weighted by Crippen LogP contribution is 2.36. The number of amides is 3. The van der Waals surface area contributed by atoms with Gasteiger partial charge in [-0.25, -0.2) is 9.18 Å². The SMILES string of the molecule is CNCC(CC1CCCCC1)NC(=O)N1CCCC(C(OCC(N)=O)c2cccc(Cl)c2F)C1. The first kappa shape index (κ1) is 26.7. The van der Waals surface area contributed by atoms with E-state index < -0.39 is 17.8 Å². The largest absolute Gasteiger partial charge is 0.368 e. The van der Waals surface area contributed by atoms with Gasteiger partial charge in [0.05, 0.1) is 11.1 Å². The number of nitrogens with zero attached hydrogens (tertiary/aromatic N) is 1. The predicted molar refractivity (Wildman–Crippen MR) is 131 cm³/mol. The molecule has 34 heavy (non-hydrogen) atoms. The van der Waals surface area contributed by atoms with Crippen molar-refractivity contribution in [1.29, 1.82) is 0 Å². The number of benzene rings is 1. The maximum absolute atomic E-state index is 14.8. The minimum atomic E-state index is -0.725. The van der Waals surface area contributed by atoms with Gasteiger partial charge in [0.2, 0.25) is 5.91 Å². The summed E-state index contributed by atoms with van der Waals surface area (Å²) in [6.07, 6.45) is 8.05. The zero-order valence-electron chi connectivity index (χ0n) is 20.0. The van der Waals surface area contributed by atoms with Crippen LogP contribution in [0.25, 0.3) is 0 Å². The number of hydrogen-bond acceptors (Lipinski definition) is 4. The summed E-state index contributed by atoms with van der Waals surface area (Å²) < 4.78 is 20.6. The third kappa shape index (κ3) is 7.55. The van der Waals surface area contributed by atoms with Crippen molar-refractivity contribution in [3.63, 3.8) is 0 Å². The lowest BCUT2D eigenvalue weighted by atomic mass is 9.85. The van der Waals surface area contributed by atoms with Crippen molar-refractivity contribution >= 4 is 23.5 Å². The minimum absolute atomic E-state index is 0.00629. The van der Waals surface area contributed by atoms with Gasteiger partial charge in [-0.05, 0) is 38.3 Å². The van der Waals surface area contributed by atoms with Gasteiger partial charge < -0.3 is 26.0 Å². The number of carbonyl (C=O) groups is 2. The molecule has 3 rings (SSSR count). The Morgan fingerprint density at radius 1 is 1.24 bits per heavy atom. The zero-order chi connectivity index (χ0) is 24.5. The fourth-order valence-corrected chi connectivity index (χ4v) is 5.55. The quantitative estimate of drug-likeness (QED) is 0.456. The predicted octanol–water partition coefficient (Wildman–Crippen LogP) is 4.00. The molecular formula is C25H38ClFN4O3. The molecule has 2 fully saturated rings. The topological polar surface area (TPSA) is 96.7 Å². The molecule has 3 atom stereocenters. The van der Waals surface area contributed by atoms with Crippen LogP contribution in [0.1, 0.15) is 63.0 Å². The molecule has 7 nitrogen and oxygen atoms in total. The van der Waals surface area contributed by atoms with Crippen molar-refractivity contribution in [3.05, 3.63) is 34.6 Å². The highest BCUT2D eigenvalue weighted by Gasteiger charge is 2.34. The molecule has 1 heterocycles. The molecule has 2 aliphatic rings. The van der Waals surface area contributed by atoms with E-state index in [2.05, 4.69) is 10.6 Å². The van der Waals surface area contributed by atoms with E-state index in [1.807, 2.05) is 7.05 Å². The molecule has 1 aromatic rings. The number of carbonyl (C=O) groups excluding carboxylic acids is 2. The Balaban J connectivity index is 1.68. The Hall–Kier alpha value is -1.90. The normalized spacial score (nSPS) is 21.1. The highest BCUT2D eigenvalue weighted by atomic mass is 35.5. The molecule has 0 spiro atoms. The molecule has 9 heteroatoms. The van der Waals surface area contributed by atoms with Gasteiger partial charge >= 0.3 is 6.03 Å². The van der Waals surface area contributed by atoms with Gasteiger partial charge in [-0.3, -0.25) is 4.79 Å². The second kappa shape index (κ2) is 13.3. The summed E-state index contributed by atoms with van der Waals surface area (Å²) in [5, 5.41) is 6.41. The Labute approximate surface area is 206 Å². The van der Waals surface area contributed by atoms with E-state index in [-0.39, 0.29) is 35.2 Å². The summed E-state index contributed by atoms with van der Waals surface area (Å²) in [6, 6.07) is 4.69. The number of nitrogens with two attached hydrogens (primary N) is 1. The first-order valence-corrected chi connectivity index (χ1v) is 12.8. The van der Waals surface area contributed by atoms with Crippen LogP contribution in [-0.4, -0.2) is 56.2 Å². The van der Waals surface area contributed by atoms with Gasteiger partial charge in [0.1, 0.15) is 12.4 Å². The van der Waals surface area contributed by atoms with Crippen molar-refractivity contribution < 1.29 is 18.7 Å². The molecule has 1 saturated carbocycles. The molecule has 0 bridgehead atoms. The number of hydrogen-bond donors (Lipinski definition) is 3. The van der Waals surface area contributed by atoms with Gasteiger partial charge in [0.15, 0.2) is 0 Å². The lowest BCUT2D eigenvalue weighted by Crippen LogP contribution is -2.52. The van der Waals surface area contributed by atoms with Crippen LogP contribution in [0.2, 0.25) is 5.02 Å². The summed E-state index contributed by atoms with van der Waals surface area (Å²) in [7, 11) is 1.90. The standard InChI is InChI=1S/C25H38ClFN4O3/c1-29-14-19(13-17-7-3-2-4-8-17)30-25(33)31-12-6-9-18(15-31)24(34-16-22(28)32)20-10-5-11-21(26)23(20)27/h5,10-11,17-19,24,29H,2-4,6-9,12-16H2,1H3,(H2,28,32)(H,30,33). The monoisotopic (exact) mass is 496 g/mol. The van der Waals surface area contributed by atoms with E-state index in [4.69, 9.17) is 22.1 Å². The fourth-order valence-electron chi connectivity index (χ4n) is 5.36. The number of halogens is 2. The van der Waals surface area contributed by atoms with Crippen LogP contribution in [0.3, 0.4) is 0 Å². The van der Waals surface area contributed by atoms with Crippen LogP contribution in [-0.2, 0) is 9.53 Å². The van der Waals surface area contributed by atoms with Crippen LogP contribution < -0.4 is 16.4 Å². The molecular weight excluding hydrogens is 459 g/mol. The first-order chi connectivity index (χ1) is 16.4. The summed E-state index contributed by atoms with van der Waals surface area (Å²) in [5.41, 5.74) is 5.57. The van der Waals surface area contributed by atoms with Crippen LogP contribution in [0.15, 0.2) is 18.2 Å². The van der Waals surface area contributed by atoms with Crippen molar-refractivity contribution in [2.24, 2.45) is 17.6 Å². The van der Waals surface area contributed by atoms with Crippen LogP contribution in [0.5, 0.6) is 0 Å². The maximum atomic E-state index is 14.8. The smallest absolute Gasteiger partial charge is 0.317 e. The number of urea groups is 1.